The van der Waals surface area contributed by atoms with Crippen molar-refractivity contribution in [2.45, 2.75) is 33.2 Å². The van der Waals surface area contributed by atoms with Gasteiger partial charge in [0.2, 0.25) is 0 Å². The normalized spacial score (nSPS) is 10.1. The summed E-state index contributed by atoms with van der Waals surface area (Å²) in [6.45, 7) is 5.63. The maximum absolute atomic E-state index is 11.5. The third-order valence-electron chi connectivity index (χ3n) is 2.04. The molecule has 0 aliphatic carbocycles. The predicted molar refractivity (Wildman–Crippen MR) is 55.1 cm³/mol. The van der Waals surface area contributed by atoms with E-state index in [0.717, 1.165) is 25.9 Å². The van der Waals surface area contributed by atoms with Crippen molar-refractivity contribution in [3.8, 4) is 0 Å². The molecule has 0 saturated heterocycles. The number of aromatic nitrogens is 2. The van der Waals surface area contributed by atoms with Crippen molar-refractivity contribution in [2.75, 3.05) is 6.54 Å². The molecule has 0 unspecified atom stereocenters. The van der Waals surface area contributed by atoms with E-state index in [1.807, 2.05) is 6.92 Å². The van der Waals surface area contributed by atoms with Crippen LogP contribution in [0, 0.1) is 0 Å². The Labute approximate surface area is 84.3 Å². The lowest BCUT2D eigenvalue weighted by Crippen LogP contribution is -2.23. The van der Waals surface area contributed by atoms with Crippen molar-refractivity contribution >= 4 is 5.91 Å². The summed E-state index contributed by atoms with van der Waals surface area (Å²) in [5, 5.41) is 6.88. The number of rotatable bonds is 5. The van der Waals surface area contributed by atoms with Crippen LogP contribution in [0.2, 0.25) is 0 Å². The van der Waals surface area contributed by atoms with Gasteiger partial charge < -0.3 is 5.32 Å². The number of nitrogens with one attached hydrogen (secondary N) is 1. The van der Waals surface area contributed by atoms with E-state index < -0.39 is 0 Å². The number of carbonyl (C=O) groups is 1. The Hall–Kier alpha value is -1.32. The maximum atomic E-state index is 11.5. The SMILES string of the molecule is CCCCNC(=O)c1cnn(CC)c1. The van der Waals surface area contributed by atoms with Gasteiger partial charge in [0.05, 0.1) is 11.8 Å². The molecule has 14 heavy (non-hydrogen) atoms. The van der Waals surface area contributed by atoms with Crippen LogP contribution < -0.4 is 5.32 Å². The molecular weight excluding hydrogens is 178 g/mol. The molecule has 0 atom stereocenters. The van der Waals surface area contributed by atoms with Crippen LogP contribution in [0.5, 0.6) is 0 Å². The summed E-state index contributed by atoms with van der Waals surface area (Å²) in [5.74, 6) is -0.0295. The molecule has 1 heterocycles. The van der Waals surface area contributed by atoms with Crippen molar-refractivity contribution < 1.29 is 4.79 Å². The van der Waals surface area contributed by atoms with Gasteiger partial charge in [-0.2, -0.15) is 5.10 Å². The standard InChI is InChI=1S/C10H17N3O/c1-3-5-6-11-10(14)9-7-12-13(4-2)8-9/h7-8H,3-6H2,1-2H3,(H,11,14). The largest absolute Gasteiger partial charge is 0.352 e. The van der Waals surface area contributed by atoms with Crippen LogP contribution in [0.1, 0.15) is 37.0 Å². The third kappa shape index (κ3) is 2.87. The highest BCUT2D eigenvalue weighted by molar-refractivity contribution is 5.93. The molecule has 0 radical (unpaired) electrons. The third-order valence-corrected chi connectivity index (χ3v) is 2.04. The Morgan fingerprint density at radius 2 is 2.36 bits per heavy atom. The van der Waals surface area contributed by atoms with Crippen molar-refractivity contribution in [1.82, 2.24) is 15.1 Å². The number of unbranched alkanes of at least 4 members (excludes halogenated alkanes) is 1. The second-order valence-electron chi connectivity index (χ2n) is 3.19. The first-order valence-electron chi connectivity index (χ1n) is 5.08. The van der Waals surface area contributed by atoms with Gasteiger partial charge in [-0.25, -0.2) is 0 Å². The molecule has 0 aliphatic rings. The maximum Gasteiger partial charge on any atom is 0.254 e. The number of amides is 1. The van der Waals surface area contributed by atoms with Gasteiger partial charge >= 0.3 is 0 Å². The summed E-state index contributed by atoms with van der Waals surface area (Å²) in [7, 11) is 0. The number of hydrogen-bond acceptors (Lipinski definition) is 2. The van der Waals surface area contributed by atoms with Crippen LogP contribution in [-0.4, -0.2) is 22.2 Å². The lowest BCUT2D eigenvalue weighted by atomic mass is 10.3. The molecule has 0 aromatic carbocycles. The Morgan fingerprint density at radius 3 is 2.93 bits per heavy atom. The monoisotopic (exact) mass is 195 g/mol. The quantitative estimate of drug-likeness (QED) is 0.722. The van der Waals surface area contributed by atoms with Crippen molar-refractivity contribution in [3.63, 3.8) is 0 Å². The zero-order chi connectivity index (χ0) is 10.4. The average molecular weight is 195 g/mol. The fourth-order valence-electron chi connectivity index (χ4n) is 1.13. The number of hydrogen-bond donors (Lipinski definition) is 1. The summed E-state index contributed by atoms with van der Waals surface area (Å²) >= 11 is 0. The fourth-order valence-corrected chi connectivity index (χ4v) is 1.13. The van der Waals surface area contributed by atoms with Gasteiger partial charge in [0, 0.05) is 19.3 Å². The second-order valence-corrected chi connectivity index (χ2v) is 3.19. The van der Waals surface area contributed by atoms with Crippen molar-refractivity contribution in [3.05, 3.63) is 18.0 Å². The van der Waals surface area contributed by atoms with Crippen LogP contribution in [0.4, 0.5) is 0 Å². The minimum Gasteiger partial charge on any atom is -0.352 e. The van der Waals surface area contributed by atoms with Gasteiger partial charge in [0.25, 0.3) is 5.91 Å². The first-order valence-corrected chi connectivity index (χ1v) is 5.08. The number of aryl methyl sites for hydroxylation is 1. The lowest BCUT2D eigenvalue weighted by Gasteiger charge is -2.00. The zero-order valence-electron chi connectivity index (χ0n) is 8.79. The first-order chi connectivity index (χ1) is 6.77. The summed E-state index contributed by atoms with van der Waals surface area (Å²) in [6, 6.07) is 0. The van der Waals surface area contributed by atoms with E-state index in [1.54, 1.807) is 17.1 Å². The van der Waals surface area contributed by atoms with Gasteiger partial charge in [-0.1, -0.05) is 13.3 Å². The molecule has 4 nitrogen and oxygen atoms in total. The molecule has 1 aromatic heterocycles. The van der Waals surface area contributed by atoms with Crippen LogP contribution in [0.15, 0.2) is 12.4 Å². The van der Waals surface area contributed by atoms with Crippen molar-refractivity contribution in [2.24, 2.45) is 0 Å². The molecule has 1 N–H and O–H groups in total. The number of carbonyl (C=O) groups excluding carboxylic acids is 1. The smallest absolute Gasteiger partial charge is 0.254 e. The van der Waals surface area contributed by atoms with E-state index in [1.165, 1.54) is 0 Å². The number of nitrogens with zero attached hydrogens (tertiary/aromatic N) is 2. The van der Waals surface area contributed by atoms with E-state index in [2.05, 4.69) is 17.3 Å². The summed E-state index contributed by atoms with van der Waals surface area (Å²) < 4.78 is 1.74. The summed E-state index contributed by atoms with van der Waals surface area (Å²) in [6.07, 6.45) is 5.48. The van der Waals surface area contributed by atoms with Crippen LogP contribution in [-0.2, 0) is 6.54 Å². The molecule has 0 aliphatic heterocycles. The van der Waals surface area contributed by atoms with Crippen molar-refractivity contribution in [1.29, 1.82) is 0 Å². The topological polar surface area (TPSA) is 46.9 Å². The van der Waals surface area contributed by atoms with Gasteiger partial charge in [-0.3, -0.25) is 9.48 Å². The molecule has 1 amide bonds. The fraction of sp³-hybridized carbons (Fsp3) is 0.600. The molecule has 0 saturated carbocycles. The Bertz CT molecular complexity index is 293. The van der Waals surface area contributed by atoms with Crippen LogP contribution >= 0.6 is 0 Å². The summed E-state index contributed by atoms with van der Waals surface area (Å²) in [5.41, 5.74) is 0.642. The molecule has 0 bridgehead atoms. The van der Waals surface area contributed by atoms with Crippen LogP contribution in [0.25, 0.3) is 0 Å². The Morgan fingerprint density at radius 1 is 1.57 bits per heavy atom. The highest BCUT2D eigenvalue weighted by Crippen LogP contribution is 1.97. The highest BCUT2D eigenvalue weighted by atomic mass is 16.1. The molecule has 1 aromatic rings. The van der Waals surface area contributed by atoms with Gasteiger partial charge in [-0.15, -0.1) is 0 Å². The second kappa shape index (κ2) is 5.42. The predicted octanol–water partition coefficient (Wildman–Crippen LogP) is 1.43. The molecule has 0 fully saturated rings. The summed E-state index contributed by atoms with van der Waals surface area (Å²) in [4.78, 5) is 11.5. The van der Waals surface area contributed by atoms with E-state index in [0.29, 0.717) is 5.56 Å². The molecule has 0 spiro atoms. The van der Waals surface area contributed by atoms with Crippen LogP contribution in [0.3, 0.4) is 0 Å². The Balaban J connectivity index is 2.44. The zero-order valence-corrected chi connectivity index (χ0v) is 8.79. The van der Waals surface area contributed by atoms with Gasteiger partial charge in [0.1, 0.15) is 0 Å². The molecule has 78 valence electrons. The minimum atomic E-state index is -0.0295. The van der Waals surface area contributed by atoms with Gasteiger partial charge in [0.15, 0.2) is 0 Å². The molecule has 1 rings (SSSR count). The van der Waals surface area contributed by atoms with Gasteiger partial charge in [-0.05, 0) is 13.3 Å². The highest BCUT2D eigenvalue weighted by Gasteiger charge is 2.06. The lowest BCUT2D eigenvalue weighted by molar-refractivity contribution is 0.0953. The van der Waals surface area contributed by atoms with E-state index in [9.17, 15) is 4.79 Å². The molecular formula is C10H17N3O. The van der Waals surface area contributed by atoms with E-state index in [-0.39, 0.29) is 5.91 Å². The minimum absolute atomic E-state index is 0.0295. The van der Waals surface area contributed by atoms with E-state index >= 15 is 0 Å². The molecule has 4 heteroatoms. The van der Waals surface area contributed by atoms with E-state index in [4.69, 9.17) is 0 Å². The average Bonchev–Trinajstić information content (AvgIpc) is 2.66. The Kier molecular flexibility index (Phi) is 4.16. The first kappa shape index (κ1) is 10.8.